The van der Waals surface area contributed by atoms with Crippen LogP contribution in [0.15, 0.2) is 72.8 Å². The van der Waals surface area contributed by atoms with Crippen LogP contribution in [-0.4, -0.2) is 34.5 Å². The Balaban J connectivity index is 1.72. The van der Waals surface area contributed by atoms with Crippen molar-refractivity contribution in [3.8, 4) is 0 Å². The lowest BCUT2D eigenvalue weighted by molar-refractivity contribution is -0.106. The number of benzene rings is 3. The van der Waals surface area contributed by atoms with E-state index in [4.69, 9.17) is 10.2 Å². The first-order valence-corrected chi connectivity index (χ1v) is 8.71. The van der Waals surface area contributed by atoms with E-state index < -0.39 is 17.8 Å². The van der Waals surface area contributed by atoms with E-state index in [-0.39, 0.29) is 11.1 Å². The number of carbonyl (C=O) groups is 4. The maximum atomic E-state index is 12.3. The fraction of sp³-hybridized carbons (Fsp3) is 0. The van der Waals surface area contributed by atoms with Crippen LogP contribution < -0.4 is 10.2 Å². The SMILES string of the molecule is O=CN(c1ccc(NC(=O)c2ccc(C(=O)O)cc2)cc1)c1ccc(C(=O)O)cc1. The van der Waals surface area contributed by atoms with E-state index in [1.807, 2.05) is 0 Å². The van der Waals surface area contributed by atoms with Crippen LogP contribution in [0.3, 0.4) is 0 Å². The Hall–Kier alpha value is -4.46. The number of hydrogen-bond donors (Lipinski definition) is 3. The summed E-state index contributed by atoms with van der Waals surface area (Å²) >= 11 is 0. The lowest BCUT2D eigenvalue weighted by Gasteiger charge is -2.18. The average molecular weight is 404 g/mol. The molecule has 8 nitrogen and oxygen atoms in total. The van der Waals surface area contributed by atoms with Gasteiger partial charge in [0.1, 0.15) is 0 Å². The summed E-state index contributed by atoms with van der Waals surface area (Å²) in [7, 11) is 0. The summed E-state index contributed by atoms with van der Waals surface area (Å²) in [5.74, 6) is -2.54. The van der Waals surface area contributed by atoms with Crippen molar-refractivity contribution in [1.82, 2.24) is 0 Å². The summed E-state index contributed by atoms with van der Waals surface area (Å²) in [6.45, 7) is 0. The van der Waals surface area contributed by atoms with Gasteiger partial charge in [0.05, 0.1) is 11.1 Å². The number of nitrogens with one attached hydrogen (secondary N) is 1. The van der Waals surface area contributed by atoms with E-state index in [1.54, 1.807) is 24.3 Å². The van der Waals surface area contributed by atoms with Gasteiger partial charge in [-0.3, -0.25) is 14.5 Å². The van der Waals surface area contributed by atoms with Crippen molar-refractivity contribution < 1.29 is 29.4 Å². The van der Waals surface area contributed by atoms with Crippen molar-refractivity contribution in [1.29, 1.82) is 0 Å². The fourth-order valence-electron chi connectivity index (χ4n) is 2.71. The summed E-state index contributed by atoms with van der Waals surface area (Å²) < 4.78 is 0. The summed E-state index contributed by atoms with van der Waals surface area (Å²) in [4.78, 5) is 47.0. The molecule has 3 aromatic rings. The summed E-state index contributed by atoms with van der Waals surface area (Å²) in [6, 6.07) is 17.9. The molecule has 0 aliphatic rings. The van der Waals surface area contributed by atoms with E-state index in [9.17, 15) is 19.2 Å². The normalized spacial score (nSPS) is 10.1. The number of nitrogens with zero attached hydrogens (tertiary/aromatic N) is 1. The van der Waals surface area contributed by atoms with Crippen LogP contribution in [0.5, 0.6) is 0 Å². The molecule has 3 N–H and O–H groups in total. The Kier molecular flexibility index (Phi) is 5.88. The van der Waals surface area contributed by atoms with E-state index in [2.05, 4.69) is 5.32 Å². The molecule has 0 saturated heterocycles. The number of carbonyl (C=O) groups excluding carboxylic acids is 2. The summed E-state index contributed by atoms with van der Waals surface area (Å²) in [5.41, 5.74) is 2.00. The quantitative estimate of drug-likeness (QED) is 0.517. The molecular formula is C22H16N2O6. The molecule has 0 fully saturated rings. The number of amides is 2. The minimum absolute atomic E-state index is 0.0845. The zero-order valence-corrected chi connectivity index (χ0v) is 15.5. The largest absolute Gasteiger partial charge is 0.478 e. The van der Waals surface area contributed by atoms with Gasteiger partial charge in [-0.1, -0.05) is 0 Å². The van der Waals surface area contributed by atoms with Gasteiger partial charge in [-0.05, 0) is 72.8 Å². The van der Waals surface area contributed by atoms with Crippen LogP contribution in [-0.2, 0) is 4.79 Å². The minimum Gasteiger partial charge on any atom is -0.478 e. The molecule has 0 bridgehead atoms. The predicted molar refractivity (Wildman–Crippen MR) is 109 cm³/mol. The lowest BCUT2D eigenvalue weighted by atomic mass is 10.1. The Labute approximate surface area is 171 Å². The summed E-state index contributed by atoms with van der Waals surface area (Å²) in [6.07, 6.45) is 0.605. The molecule has 0 spiro atoms. The van der Waals surface area contributed by atoms with Gasteiger partial charge in [-0.25, -0.2) is 9.59 Å². The van der Waals surface area contributed by atoms with Crippen LogP contribution >= 0.6 is 0 Å². The van der Waals surface area contributed by atoms with Crippen LogP contribution in [0, 0.1) is 0 Å². The van der Waals surface area contributed by atoms with Gasteiger partial charge in [-0.15, -0.1) is 0 Å². The Morgan fingerprint density at radius 1 is 0.667 bits per heavy atom. The lowest BCUT2D eigenvalue weighted by Crippen LogP contribution is -2.15. The zero-order chi connectivity index (χ0) is 21.7. The molecule has 0 aromatic heterocycles. The number of rotatable bonds is 7. The Morgan fingerprint density at radius 2 is 1.07 bits per heavy atom. The fourth-order valence-corrected chi connectivity index (χ4v) is 2.71. The maximum Gasteiger partial charge on any atom is 0.335 e. The highest BCUT2D eigenvalue weighted by Crippen LogP contribution is 2.25. The van der Waals surface area contributed by atoms with Gasteiger partial charge in [0.2, 0.25) is 6.41 Å². The molecule has 2 amide bonds. The van der Waals surface area contributed by atoms with Crippen molar-refractivity contribution in [2.45, 2.75) is 0 Å². The molecule has 0 atom stereocenters. The first-order valence-electron chi connectivity index (χ1n) is 8.71. The van der Waals surface area contributed by atoms with Gasteiger partial charge < -0.3 is 15.5 Å². The van der Waals surface area contributed by atoms with Gasteiger partial charge in [0.25, 0.3) is 5.91 Å². The molecule has 0 aliphatic carbocycles. The van der Waals surface area contributed by atoms with Crippen LogP contribution in [0.1, 0.15) is 31.1 Å². The molecule has 150 valence electrons. The van der Waals surface area contributed by atoms with Crippen LogP contribution in [0.4, 0.5) is 17.1 Å². The molecule has 0 radical (unpaired) electrons. The van der Waals surface area contributed by atoms with E-state index in [0.717, 1.165) is 0 Å². The molecule has 0 saturated carbocycles. The number of carboxylic acids is 2. The predicted octanol–water partition coefficient (Wildman–Crippen LogP) is 3.63. The second-order valence-corrected chi connectivity index (χ2v) is 6.21. The van der Waals surface area contributed by atoms with E-state index >= 15 is 0 Å². The third kappa shape index (κ3) is 4.50. The highest BCUT2D eigenvalue weighted by Gasteiger charge is 2.12. The average Bonchev–Trinajstić information content (AvgIpc) is 2.76. The number of aromatic carboxylic acids is 2. The molecular weight excluding hydrogens is 388 g/mol. The third-order valence-electron chi connectivity index (χ3n) is 4.30. The van der Waals surface area contributed by atoms with Gasteiger partial charge >= 0.3 is 11.9 Å². The van der Waals surface area contributed by atoms with E-state index in [0.29, 0.717) is 29.0 Å². The molecule has 3 rings (SSSR count). The number of carboxylic acid groups (broad SMARTS) is 2. The smallest absolute Gasteiger partial charge is 0.335 e. The molecule has 3 aromatic carbocycles. The highest BCUT2D eigenvalue weighted by atomic mass is 16.4. The molecule has 30 heavy (non-hydrogen) atoms. The Morgan fingerprint density at radius 3 is 1.50 bits per heavy atom. The topological polar surface area (TPSA) is 124 Å². The monoisotopic (exact) mass is 404 g/mol. The second-order valence-electron chi connectivity index (χ2n) is 6.21. The standard InChI is InChI=1S/C22H16N2O6/c25-13-24(18-9-5-16(6-10-18)22(29)30)19-11-7-17(8-12-19)23-20(26)14-1-3-15(4-2-14)21(27)28/h1-13H,(H,23,26)(H,27,28)(H,29,30). The number of hydrogen-bond acceptors (Lipinski definition) is 4. The van der Waals surface area contributed by atoms with Gasteiger partial charge in [-0.2, -0.15) is 0 Å². The first kappa shape index (κ1) is 20.3. The zero-order valence-electron chi connectivity index (χ0n) is 15.5. The Bertz CT molecular complexity index is 1090. The van der Waals surface area contributed by atoms with Crippen molar-refractivity contribution >= 4 is 41.3 Å². The third-order valence-corrected chi connectivity index (χ3v) is 4.30. The van der Waals surface area contributed by atoms with Gasteiger partial charge in [0.15, 0.2) is 0 Å². The second kappa shape index (κ2) is 8.70. The number of anilines is 3. The van der Waals surface area contributed by atoms with Crippen molar-refractivity contribution in [2.75, 3.05) is 10.2 Å². The first-order chi connectivity index (χ1) is 14.4. The van der Waals surface area contributed by atoms with Crippen LogP contribution in [0.25, 0.3) is 0 Å². The minimum atomic E-state index is -1.07. The molecule has 0 aliphatic heterocycles. The van der Waals surface area contributed by atoms with Crippen molar-refractivity contribution in [3.63, 3.8) is 0 Å². The molecule has 0 unspecified atom stereocenters. The van der Waals surface area contributed by atoms with E-state index in [1.165, 1.54) is 53.4 Å². The van der Waals surface area contributed by atoms with Crippen LogP contribution in [0.2, 0.25) is 0 Å². The molecule has 0 heterocycles. The van der Waals surface area contributed by atoms with Crippen molar-refractivity contribution in [2.24, 2.45) is 0 Å². The summed E-state index contributed by atoms with van der Waals surface area (Å²) in [5, 5.41) is 20.6. The highest BCUT2D eigenvalue weighted by molar-refractivity contribution is 6.05. The maximum absolute atomic E-state index is 12.3. The van der Waals surface area contributed by atoms with Gasteiger partial charge in [0, 0.05) is 22.6 Å². The molecule has 8 heteroatoms. The van der Waals surface area contributed by atoms with Crippen molar-refractivity contribution in [3.05, 3.63) is 89.5 Å².